The van der Waals surface area contributed by atoms with Gasteiger partial charge in [0.15, 0.2) is 28.3 Å². The van der Waals surface area contributed by atoms with E-state index >= 15 is 0 Å². The molecular weight excluding hydrogens is 1590 g/mol. The van der Waals surface area contributed by atoms with Gasteiger partial charge in [0.1, 0.15) is 23.3 Å². The highest BCUT2D eigenvalue weighted by Gasteiger charge is 2.30. The van der Waals surface area contributed by atoms with Crippen molar-refractivity contribution in [2.75, 3.05) is 105 Å². The lowest BCUT2D eigenvalue weighted by molar-refractivity contribution is 0.101. The maximum absolute atomic E-state index is 13.0. The smallest absolute Gasteiger partial charge is 0.255 e. The molecule has 3 fully saturated rings. The van der Waals surface area contributed by atoms with Crippen molar-refractivity contribution in [3.63, 3.8) is 0 Å². The molecule has 6 aromatic carbocycles. The van der Waals surface area contributed by atoms with Crippen LogP contribution in [0.1, 0.15) is 166 Å². The second-order valence-corrected chi connectivity index (χ2v) is 33.4. The van der Waals surface area contributed by atoms with E-state index < -0.39 is 0 Å². The average Bonchev–Trinajstić information content (AvgIpc) is 1.66. The van der Waals surface area contributed by atoms with Crippen LogP contribution in [0.3, 0.4) is 0 Å². The molecule has 28 heteroatoms. The lowest BCUT2D eigenvalue weighted by atomic mass is 9.90. The lowest BCUT2D eigenvalue weighted by Crippen LogP contribution is -2.41. The minimum absolute atomic E-state index is 0.128. The van der Waals surface area contributed by atoms with Gasteiger partial charge in [-0.25, -0.2) is 15.0 Å². The van der Waals surface area contributed by atoms with Gasteiger partial charge in [0, 0.05) is 158 Å². The van der Waals surface area contributed by atoms with Gasteiger partial charge < -0.3 is 82.9 Å². The number of aliphatic hydroxyl groups is 1. The molecule has 127 heavy (non-hydrogen) atoms. The molecule has 12 aromatic rings. The number of amides is 3. The Morgan fingerprint density at radius 2 is 0.913 bits per heavy atom. The zero-order valence-corrected chi connectivity index (χ0v) is 74.4. The van der Waals surface area contributed by atoms with Gasteiger partial charge in [-0.2, -0.15) is 29.2 Å². The summed E-state index contributed by atoms with van der Waals surface area (Å²) in [5.41, 5.74) is 15.9. The number of hydrogen-bond acceptors (Lipinski definition) is 22. The standard InChI is InChI=1S/C34H42N8O.C33H40N8O.C32H38N8O2/c1-7-23(4)36-25-13-11-24(12-14-25)34(43)39-28-10-8-9-27(19-28)38-32-20-31(37-26-15-17-29(18-16-26)41(5)6)40-33-30(22(2)3)21-35-42(32)33;1-6-22(3)35-25-13-11-24(12-14-25)33(42)38-28-10-8-9-27(19-28)37-31-20-30(39-32-23(7-2)21-34-41(31)32)36-26-15-17-29(18-16-26)40(4)5;1-5-22(4)34-24-14-12-23(13-15-24)31(42)36-26-10-8-9-25(19-26)35-29-28-30(40(20-33-28)21(2)3)38-32(37-29)39-17-7-6-11-27(39)16-18-41/h7-14,19-22,26,29,36,38H,1,4,15-18H2,2-3,5-6H3,(H,37,40)(H,39,43);6,8-14,19-21,26,29,35,37H,1,3,7,15-18H2,2,4-5H3,(H,36,39)(H,38,42);5,8-10,12-15,19-21,27,34,41H,1,4,6-7,11,16-18H2,2-3H3,(H,36,42)(H,35,37,38). The fraction of sp³-hybridized carbons (Fsp3) is 0.313. The summed E-state index contributed by atoms with van der Waals surface area (Å²) in [6.45, 7) is 34.2. The molecule has 3 amide bonds. The quantitative estimate of drug-likeness (QED) is 0.0170. The summed E-state index contributed by atoms with van der Waals surface area (Å²) in [7, 11) is 8.66. The Morgan fingerprint density at radius 1 is 0.488 bits per heavy atom. The molecule has 3 aliphatic rings. The molecule has 1 atom stereocenters. The van der Waals surface area contributed by atoms with Gasteiger partial charge in [-0.3, -0.25) is 14.4 Å². The number of aliphatic hydroxyl groups excluding tert-OH is 1. The van der Waals surface area contributed by atoms with Gasteiger partial charge in [-0.1, -0.05) is 78.4 Å². The number of aryl methyl sites for hydroxylation is 1. The summed E-state index contributed by atoms with van der Waals surface area (Å²) in [6, 6.07) is 50.9. The van der Waals surface area contributed by atoms with Crippen LogP contribution in [0, 0.1) is 0 Å². The number of nitrogens with one attached hydrogen (secondary N) is 11. The molecule has 1 aliphatic heterocycles. The van der Waals surface area contributed by atoms with Gasteiger partial charge in [-0.05, 0) is 277 Å². The number of benzene rings is 6. The van der Waals surface area contributed by atoms with Crippen molar-refractivity contribution in [2.45, 2.75) is 160 Å². The Balaban J connectivity index is 0.000000163. The summed E-state index contributed by atoms with van der Waals surface area (Å²) >= 11 is 0. The van der Waals surface area contributed by atoms with E-state index in [0.717, 1.165) is 143 Å². The van der Waals surface area contributed by atoms with Crippen LogP contribution in [0.25, 0.3) is 22.5 Å². The number of allylic oxidation sites excluding steroid dienone is 3. The third-order valence-corrected chi connectivity index (χ3v) is 23.2. The van der Waals surface area contributed by atoms with Crippen molar-refractivity contribution >= 4 is 126 Å². The lowest BCUT2D eigenvalue weighted by Gasteiger charge is -2.35. The summed E-state index contributed by atoms with van der Waals surface area (Å²) in [6.07, 6.45) is 24.3. The maximum Gasteiger partial charge on any atom is 0.255 e. The molecule has 2 aliphatic carbocycles. The monoisotopic (exact) mass is 1710 g/mol. The van der Waals surface area contributed by atoms with Gasteiger partial charge in [0.25, 0.3) is 17.7 Å². The predicted molar refractivity (Wildman–Crippen MR) is 520 cm³/mol. The van der Waals surface area contributed by atoms with E-state index in [1.54, 1.807) is 61.0 Å². The largest absolute Gasteiger partial charge is 0.396 e. The Kier molecular flexibility index (Phi) is 30.5. The van der Waals surface area contributed by atoms with E-state index in [4.69, 9.17) is 19.9 Å². The SMILES string of the molecule is C=CC(=C)Nc1ccc(C(=O)Nc2cccc(Nc3cc(NC4CCC(N(C)C)CC4)nc4c(C(C)C)cnn34)c2)cc1.C=CC(=C)Nc1ccc(C(=O)Nc2cccc(Nc3cc(NC4CCC(N(C)C)CC4)nc4c(CC)cnn34)c2)cc1.C=CC(=C)Nc1ccc(C(=O)Nc2cccc(Nc3nc(N4CCCCC4CCO)nc4c3ncn4C(C)C)c2)cc1. The topological polar surface area (TPSA) is 317 Å². The van der Waals surface area contributed by atoms with E-state index in [1.807, 2.05) is 147 Å². The Morgan fingerprint density at radius 3 is 1.33 bits per heavy atom. The highest BCUT2D eigenvalue weighted by atomic mass is 16.3. The number of rotatable bonds is 33. The van der Waals surface area contributed by atoms with E-state index in [9.17, 15) is 19.5 Å². The molecule has 15 rings (SSSR count). The fourth-order valence-electron chi connectivity index (χ4n) is 16.0. The van der Waals surface area contributed by atoms with E-state index in [2.05, 4.69) is 191 Å². The van der Waals surface area contributed by atoms with Crippen LogP contribution >= 0.6 is 0 Å². The molecule has 6 aromatic heterocycles. The van der Waals surface area contributed by atoms with Crippen molar-refractivity contribution < 1.29 is 19.5 Å². The van der Waals surface area contributed by atoms with Crippen molar-refractivity contribution in [1.82, 2.24) is 58.5 Å². The summed E-state index contributed by atoms with van der Waals surface area (Å²) in [5.74, 6) is 4.18. The molecule has 1 unspecified atom stereocenters. The molecule has 660 valence electrons. The normalized spacial score (nSPS) is 16.1. The molecular formula is C99H120N24O4. The first-order chi connectivity index (χ1) is 61.4. The zero-order valence-electron chi connectivity index (χ0n) is 74.4. The maximum atomic E-state index is 13.0. The highest BCUT2D eigenvalue weighted by Crippen LogP contribution is 2.36. The molecule has 0 spiro atoms. The van der Waals surface area contributed by atoms with Crippen LogP contribution in [0.4, 0.5) is 86.2 Å². The highest BCUT2D eigenvalue weighted by molar-refractivity contribution is 6.06. The third-order valence-electron chi connectivity index (χ3n) is 23.2. The number of imidazole rings is 1. The number of fused-ring (bicyclic) bond motifs is 3. The molecule has 0 bridgehead atoms. The van der Waals surface area contributed by atoms with Crippen LogP contribution in [0.15, 0.2) is 251 Å². The Labute approximate surface area is 744 Å². The van der Waals surface area contributed by atoms with Crippen LogP contribution in [0.5, 0.6) is 0 Å². The van der Waals surface area contributed by atoms with E-state index in [-0.39, 0.29) is 42.3 Å². The van der Waals surface area contributed by atoms with Crippen molar-refractivity contribution in [3.05, 3.63) is 279 Å². The molecule has 1 saturated heterocycles. The van der Waals surface area contributed by atoms with Crippen LogP contribution in [-0.2, 0) is 6.42 Å². The number of piperidine rings is 1. The molecule has 2 saturated carbocycles. The minimum Gasteiger partial charge on any atom is -0.396 e. The number of aromatic nitrogens is 10. The third kappa shape index (κ3) is 23.7. The summed E-state index contributed by atoms with van der Waals surface area (Å²) in [4.78, 5) is 70.3. The Bertz CT molecular complexity index is 5870. The van der Waals surface area contributed by atoms with Gasteiger partial charge in [-0.15, -0.1) is 0 Å². The number of hydrogen-bond donors (Lipinski definition) is 12. The van der Waals surface area contributed by atoms with Gasteiger partial charge in [0.2, 0.25) is 5.95 Å². The first-order valence-electron chi connectivity index (χ1n) is 43.7. The first kappa shape index (κ1) is 90.8. The minimum atomic E-state index is -0.219. The zero-order chi connectivity index (χ0) is 89.8. The number of anilines is 15. The number of nitrogens with zero attached hydrogens (tertiary/aromatic N) is 13. The van der Waals surface area contributed by atoms with Crippen molar-refractivity contribution in [3.8, 4) is 0 Å². The predicted octanol–water partition coefficient (Wildman–Crippen LogP) is 20.2. The molecule has 7 heterocycles. The molecule has 28 nitrogen and oxygen atoms in total. The van der Waals surface area contributed by atoms with E-state index in [1.165, 1.54) is 25.7 Å². The van der Waals surface area contributed by atoms with Gasteiger partial charge >= 0.3 is 0 Å². The van der Waals surface area contributed by atoms with Crippen LogP contribution in [0.2, 0.25) is 0 Å². The summed E-state index contributed by atoms with van der Waals surface area (Å²) in [5, 5.41) is 55.1. The number of carbonyl (C=O) groups excluding carboxylic acids is 3. The number of carbonyl (C=O) groups is 3. The van der Waals surface area contributed by atoms with E-state index in [0.29, 0.717) is 98.7 Å². The first-order valence-corrected chi connectivity index (χ1v) is 43.7. The van der Waals surface area contributed by atoms with Crippen molar-refractivity contribution in [1.29, 1.82) is 0 Å². The van der Waals surface area contributed by atoms with Crippen LogP contribution in [-0.4, -0.2) is 153 Å². The van der Waals surface area contributed by atoms with Crippen molar-refractivity contribution in [2.24, 2.45) is 0 Å². The average molecular weight is 1710 g/mol. The Hall–Kier alpha value is -14.0. The molecule has 0 radical (unpaired) electrons. The second-order valence-electron chi connectivity index (χ2n) is 33.4. The fourth-order valence-corrected chi connectivity index (χ4v) is 16.0. The van der Waals surface area contributed by atoms with Gasteiger partial charge in [0.05, 0.1) is 18.7 Å². The second kappa shape index (κ2) is 42.6. The summed E-state index contributed by atoms with van der Waals surface area (Å²) < 4.78 is 5.74. The van der Waals surface area contributed by atoms with Crippen LogP contribution < -0.4 is 63.4 Å². The molecule has 12 N–H and O–H groups in total.